The van der Waals surface area contributed by atoms with Crippen molar-refractivity contribution in [1.82, 2.24) is 26.3 Å². The van der Waals surface area contributed by atoms with E-state index >= 15 is 0 Å². The third-order valence-electron chi connectivity index (χ3n) is 4.42. The zero-order chi connectivity index (χ0) is 15.8. The second-order valence-electron chi connectivity index (χ2n) is 5.92. The molecule has 0 bridgehead atoms. The van der Waals surface area contributed by atoms with Crippen molar-refractivity contribution in [2.75, 3.05) is 12.1 Å². The van der Waals surface area contributed by atoms with Crippen LogP contribution in [0.3, 0.4) is 0 Å². The third-order valence-corrected chi connectivity index (χ3v) is 4.42. The predicted molar refractivity (Wildman–Crippen MR) is 89.1 cm³/mol. The van der Waals surface area contributed by atoms with Gasteiger partial charge in [0.15, 0.2) is 12.1 Å². The average Bonchev–Trinajstić information content (AvgIpc) is 2.86. The van der Waals surface area contributed by atoms with E-state index in [-0.39, 0.29) is 12.6 Å². The van der Waals surface area contributed by atoms with Gasteiger partial charge in [-0.2, -0.15) is 5.43 Å². The van der Waals surface area contributed by atoms with Gasteiger partial charge in [0.1, 0.15) is 6.29 Å². The minimum absolute atomic E-state index is 0.115. The van der Waals surface area contributed by atoms with Crippen molar-refractivity contribution in [3.63, 3.8) is 0 Å². The summed E-state index contributed by atoms with van der Waals surface area (Å²) in [6.45, 7) is 0. The van der Waals surface area contributed by atoms with E-state index in [0.29, 0.717) is 0 Å². The zero-order valence-corrected chi connectivity index (χ0v) is 13.1. The fraction of sp³-hybridized carbons (Fsp3) is 0.375. The molecule has 2 unspecified atom stereocenters. The van der Waals surface area contributed by atoms with E-state index in [1.54, 1.807) is 0 Å². The van der Waals surface area contributed by atoms with Gasteiger partial charge in [-0.3, -0.25) is 15.6 Å². The van der Waals surface area contributed by atoms with Gasteiger partial charge in [-0.25, -0.2) is 0 Å². The minimum atomic E-state index is -0.311. The molecule has 7 nitrogen and oxygen atoms in total. The van der Waals surface area contributed by atoms with Crippen LogP contribution < -0.4 is 26.8 Å². The number of aryl methyl sites for hydroxylation is 2. The molecule has 120 valence electrons. The van der Waals surface area contributed by atoms with E-state index in [4.69, 9.17) is 5.73 Å². The van der Waals surface area contributed by atoms with E-state index < -0.39 is 0 Å². The Morgan fingerprint density at radius 1 is 1.22 bits per heavy atom. The first-order valence-electron chi connectivity index (χ1n) is 7.95. The first kappa shape index (κ1) is 14.5. The second-order valence-corrected chi connectivity index (χ2v) is 5.92. The highest BCUT2D eigenvalue weighted by atomic mass is 15.7. The Kier molecular flexibility index (Phi) is 3.70. The summed E-state index contributed by atoms with van der Waals surface area (Å²) in [5.74, 6) is 0.767. The van der Waals surface area contributed by atoms with Crippen molar-refractivity contribution in [2.45, 2.75) is 31.8 Å². The molecule has 1 aliphatic heterocycles. The van der Waals surface area contributed by atoms with Crippen molar-refractivity contribution in [2.24, 2.45) is 5.73 Å². The topological polar surface area (TPSA) is 91.1 Å². The fourth-order valence-electron chi connectivity index (χ4n) is 3.31. The molecule has 5 N–H and O–H groups in total. The van der Waals surface area contributed by atoms with Crippen LogP contribution in [0.5, 0.6) is 0 Å². The largest absolute Gasteiger partial charge is 0.302 e. The summed E-state index contributed by atoms with van der Waals surface area (Å²) < 4.78 is 0. The number of nitrogens with one attached hydrogen (secondary N) is 3. The minimum Gasteiger partial charge on any atom is -0.302 e. The molecule has 0 radical (unpaired) electrons. The number of rotatable bonds is 2. The van der Waals surface area contributed by atoms with Crippen LogP contribution in [0.4, 0.5) is 5.82 Å². The van der Waals surface area contributed by atoms with Crippen LogP contribution in [0.15, 0.2) is 30.3 Å². The molecule has 0 amide bonds. The molecule has 2 heterocycles. The van der Waals surface area contributed by atoms with Crippen LogP contribution in [0.1, 0.15) is 17.5 Å². The Morgan fingerprint density at radius 3 is 2.91 bits per heavy atom. The van der Waals surface area contributed by atoms with E-state index in [1.807, 2.05) is 12.1 Å². The van der Waals surface area contributed by atoms with E-state index in [9.17, 15) is 0 Å². The zero-order valence-electron chi connectivity index (χ0n) is 13.1. The number of aromatic nitrogens is 2. The molecule has 2 atom stereocenters. The number of hydrogen-bond acceptors (Lipinski definition) is 7. The molecule has 1 saturated heterocycles. The molecule has 2 aromatic rings. The maximum absolute atomic E-state index is 5.90. The van der Waals surface area contributed by atoms with Gasteiger partial charge < -0.3 is 5.73 Å². The molecule has 1 aliphatic carbocycles. The van der Waals surface area contributed by atoms with Gasteiger partial charge in [-0.05, 0) is 43.5 Å². The van der Waals surface area contributed by atoms with Gasteiger partial charge in [0.2, 0.25) is 0 Å². The van der Waals surface area contributed by atoms with E-state index in [1.165, 1.54) is 16.7 Å². The summed E-state index contributed by atoms with van der Waals surface area (Å²) >= 11 is 0. The molecule has 4 rings (SSSR count). The number of fused-ring (bicyclic) bond motifs is 3. The Labute approximate surface area is 135 Å². The molecule has 7 heteroatoms. The summed E-state index contributed by atoms with van der Waals surface area (Å²) in [5, 5.41) is 17.2. The number of hydrazine groups is 1. The number of benzene rings is 1. The maximum atomic E-state index is 5.90. The summed E-state index contributed by atoms with van der Waals surface area (Å²) in [5.41, 5.74) is 13.8. The first-order chi connectivity index (χ1) is 11.3. The molecule has 23 heavy (non-hydrogen) atoms. The van der Waals surface area contributed by atoms with Crippen LogP contribution in [-0.4, -0.2) is 29.8 Å². The molecule has 1 aromatic carbocycles. The van der Waals surface area contributed by atoms with Gasteiger partial charge in [-0.15, -0.1) is 10.2 Å². The lowest BCUT2D eigenvalue weighted by Crippen LogP contribution is -2.48. The SMILES string of the molecule is CNC1NC(N)NN1c1cc2c(nn1)-c1ccccc1CCC2. The Hall–Kier alpha value is -2.06. The van der Waals surface area contributed by atoms with Gasteiger partial charge in [0.25, 0.3) is 0 Å². The average molecular weight is 311 g/mol. The summed E-state index contributed by atoms with van der Waals surface area (Å²) in [4.78, 5) is 0. The highest BCUT2D eigenvalue weighted by Gasteiger charge is 2.29. The van der Waals surface area contributed by atoms with Crippen molar-refractivity contribution in [1.29, 1.82) is 0 Å². The molecule has 0 saturated carbocycles. The Balaban J connectivity index is 1.74. The summed E-state index contributed by atoms with van der Waals surface area (Å²) in [6.07, 6.45) is 2.78. The van der Waals surface area contributed by atoms with Crippen molar-refractivity contribution < 1.29 is 0 Å². The van der Waals surface area contributed by atoms with Crippen LogP contribution in [0.2, 0.25) is 0 Å². The molecule has 1 aromatic heterocycles. The predicted octanol–water partition coefficient (Wildman–Crippen LogP) is 0.292. The van der Waals surface area contributed by atoms with Crippen LogP contribution in [0.25, 0.3) is 11.3 Å². The fourth-order valence-corrected chi connectivity index (χ4v) is 3.31. The van der Waals surface area contributed by atoms with Crippen LogP contribution in [-0.2, 0) is 12.8 Å². The summed E-state index contributed by atoms with van der Waals surface area (Å²) in [6, 6.07) is 10.6. The van der Waals surface area contributed by atoms with Gasteiger partial charge in [0, 0.05) is 5.56 Å². The molecular weight excluding hydrogens is 290 g/mol. The maximum Gasteiger partial charge on any atom is 0.168 e. The summed E-state index contributed by atoms with van der Waals surface area (Å²) in [7, 11) is 1.87. The number of hydrogen-bond donors (Lipinski definition) is 4. The monoisotopic (exact) mass is 311 g/mol. The van der Waals surface area contributed by atoms with Gasteiger partial charge >= 0.3 is 0 Å². The van der Waals surface area contributed by atoms with E-state index in [2.05, 4.69) is 56.6 Å². The number of nitrogens with two attached hydrogens (primary N) is 1. The molecular formula is C16H21N7. The second kappa shape index (κ2) is 5.86. The van der Waals surface area contributed by atoms with Crippen molar-refractivity contribution >= 4 is 5.82 Å². The Morgan fingerprint density at radius 2 is 2.04 bits per heavy atom. The molecule has 1 fully saturated rings. The lowest BCUT2D eigenvalue weighted by atomic mass is 10.0. The van der Waals surface area contributed by atoms with Crippen molar-refractivity contribution in [3.8, 4) is 11.3 Å². The lowest BCUT2D eigenvalue weighted by Gasteiger charge is -2.23. The number of nitrogens with zero attached hydrogens (tertiary/aromatic N) is 3. The molecule has 0 spiro atoms. The standard InChI is InChI=1S/C16H21N7/c1-18-16-19-15(17)22-23(16)13-9-11-7-4-6-10-5-2-3-8-12(10)14(11)21-20-13/h2-3,5,8-9,15-16,18-19,22H,4,6-7,17H2,1H3. The highest BCUT2D eigenvalue weighted by molar-refractivity contribution is 5.68. The lowest BCUT2D eigenvalue weighted by molar-refractivity contribution is 0.491. The normalized spacial score (nSPS) is 23.3. The third kappa shape index (κ3) is 2.57. The highest BCUT2D eigenvalue weighted by Crippen LogP contribution is 2.31. The van der Waals surface area contributed by atoms with Gasteiger partial charge in [0.05, 0.1) is 5.69 Å². The Bertz CT molecular complexity index is 717. The molecule has 2 aliphatic rings. The van der Waals surface area contributed by atoms with Crippen molar-refractivity contribution in [3.05, 3.63) is 41.5 Å². The first-order valence-corrected chi connectivity index (χ1v) is 7.95. The van der Waals surface area contributed by atoms with E-state index in [0.717, 1.165) is 30.8 Å². The van der Waals surface area contributed by atoms with Gasteiger partial charge in [-0.1, -0.05) is 24.3 Å². The quantitative estimate of drug-likeness (QED) is 0.634. The number of anilines is 1. The van der Waals surface area contributed by atoms with Crippen LogP contribution in [0, 0.1) is 0 Å². The van der Waals surface area contributed by atoms with Crippen LogP contribution >= 0.6 is 0 Å². The smallest absolute Gasteiger partial charge is 0.168 e.